The smallest absolute Gasteiger partial charge is 0.165 e. The molecule has 1 aliphatic rings. The first-order valence-corrected chi connectivity index (χ1v) is 11.8. The fourth-order valence-corrected chi connectivity index (χ4v) is 5.36. The molecule has 0 radical (unpaired) electrons. The predicted molar refractivity (Wildman–Crippen MR) is 129 cm³/mol. The fourth-order valence-electron chi connectivity index (χ4n) is 5.36. The normalized spacial score (nSPS) is 18.5. The summed E-state index contributed by atoms with van der Waals surface area (Å²) in [7, 11) is 3.29. The maximum absolute atomic E-state index is 14.4. The van der Waals surface area contributed by atoms with Crippen molar-refractivity contribution in [1.82, 2.24) is 14.7 Å². The average Bonchev–Trinajstić information content (AvgIpc) is 3.37. The molecule has 2 aromatic carbocycles. The van der Waals surface area contributed by atoms with Crippen LogP contribution in [0.2, 0.25) is 0 Å². The number of aryl methyl sites for hydroxylation is 2. The Labute approximate surface area is 198 Å². The maximum Gasteiger partial charge on any atom is 0.165 e. The summed E-state index contributed by atoms with van der Waals surface area (Å²) in [6, 6.07) is 11.7. The molecular weight excluding hydrogens is 433 g/mol. The molecule has 1 fully saturated rings. The van der Waals surface area contributed by atoms with E-state index in [1.165, 1.54) is 13.2 Å². The molecule has 178 valence electrons. The van der Waals surface area contributed by atoms with E-state index in [1.54, 1.807) is 13.2 Å². The van der Waals surface area contributed by atoms with E-state index in [9.17, 15) is 4.39 Å². The van der Waals surface area contributed by atoms with E-state index in [2.05, 4.69) is 27.9 Å². The van der Waals surface area contributed by atoms with Crippen molar-refractivity contribution in [2.45, 2.75) is 58.1 Å². The lowest BCUT2D eigenvalue weighted by molar-refractivity contribution is 0.0586. The van der Waals surface area contributed by atoms with Crippen LogP contribution in [0.3, 0.4) is 0 Å². The van der Waals surface area contributed by atoms with Crippen molar-refractivity contribution in [3.05, 3.63) is 65.1 Å². The number of rotatable bonds is 6. The van der Waals surface area contributed by atoms with Crippen LogP contribution in [-0.2, 0) is 11.2 Å². The van der Waals surface area contributed by atoms with E-state index in [-0.39, 0.29) is 11.6 Å². The van der Waals surface area contributed by atoms with Crippen molar-refractivity contribution in [3.8, 4) is 16.9 Å². The minimum atomic E-state index is -0.357. The van der Waals surface area contributed by atoms with Gasteiger partial charge in [0.1, 0.15) is 11.6 Å². The Bertz CT molecular complexity index is 1300. The van der Waals surface area contributed by atoms with Gasteiger partial charge in [-0.1, -0.05) is 23.4 Å². The lowest BCUT2D eigenvalue weighted by Gasteiger charge is -2.30. The molecule has 1 saturated carbocycles. The Morgan fingerprint density at radius 2 is 1.88 bits per heavy atom. The van der Waals surface area contributed by atoms with Crippen molar-refractivity contribution in [2.75, 3.05) is 14.2 Å². The summed E-state index contributed by atoms with van der Waals surface area (Å²) in [5.74, 6) is 1.62. The predicted octanol–water partition coefficient (Wildman–Crippen LogP) is 6.18. The zero-order chi connectivity index (χ0) is 23.8. The molecule has 7 heteroatoms. The number of para-hydroxylation sites is 1. The molecule has 0 saturated heterocycles. The monoisotopic (exact) mass is 463 g/mol. The molecule has 0 bridgehead atoms. The quantitative estimate of drug-likeness (QED) is 0.342. The van der Waals surface area contributed by atoms with Gasteiger partial charge in [-0.3, -0.25) is 0 Å². The third-order valence-electron chi connectivity index (χ3n) is 7.03. The zero-order valence-electron chi connectivity index (χ0n) is 20.1. The molecule has 0 N–H and O–H groups in total. The summed E-state index contributed by atoms with van der Waals surface area (Å²) in [5, 5.41) is 4.11. The van der Waals surface area contributed by atoms with Gasteiger partial charge in [-0.05, 0) is 63.3 Å². The molecule has 2 aromatic heterocycles. The van der Waals surface area contributed by atoms with Gasteiger partial charge in [-0.2, -0.15) is 0 Å². The summed E-state index contributed by atoms with van der Waals surface area (Å²) in [4.78, 5) is 5.06. The van der Waals surface area contributed by atoms with Crippen molar-refractivity contribution in [2.24, 2.45) is 0 Å². The Kier molecular flexibility index (Phi) is 6.13. The molecule has 5 rings (SSSR count). The molecule has 1 aliphatic carbocycles. The fraction of sp³-hybridized carbons (Fsp3) is 0.407. The van der Waals surface area contributed by atoms with Crippen LogP contribution in [0, 0.1) is 19.7 Å². The summed E-state index contributed by atoms with van der Waals surface area (Å²) < 4.78 is 33.1. The van der Waals surface area contributed by atoms with E-state index >= 15 is 0 Å². The van der Waals surface area contributed by atoms with Crippen LogP contribution in [0.25, 0.3) is 22.2 Å². The highest BCUT2D eigenvalue weighted by molar-refractivity contribution is 5.84. The summed E-state index contributed by atoms with van der Waals surface area (Å²) in [6.45, 7) is 3.87. The van der Waals surface area contributed by atoms with E-state index < -0.39 is 0 Å². The van der Waals surface area contributed by atoms with E-state index in [1.807, 2.05) is 19.9 Å². The summed E-state index contributed by atoms with van der Waals surface area (Å²) in [6.07, 6.45) is 4.86. The van der Waals surface area contributed by atoms with Gasteiger partial charge in [0, 0.05) is 30.7 Å². The number of nitrogens with zero attached hydrogens (tertiary/aromatic N) is 3. The second-order valence-corrected chi connectivity index (χ2v) is 9.08. The topological polar surface area (TPSA) is 62.3 Å². The minimum Gasteiger partial charge on any atom is -0.493 e. The first-order valence-electron chi connectivity index (χ1n) is 11.8. The molecule has 6 nitrogen and oxygen atoms in total. The van der Waals surface area contributed by atoms with Gasteiger partial charge in [-0.15, -0.1) is 0 Å². The zero-order valence-corrected chi connectivity index (χ0v) is 20.1. The van der Waals surface area contributed by atoms with Crippen LogP contribution in [0.5, 0.6) is 5.75 Å². The molecule has 2 heterocycles. The third kappa shape index (κ3) is 3.98. The lowest BCUT2D eigenvalue weighted by atomic mass is 9.92. The van der Waals surface area contributed by atoms with Crippen LogP contribution in [0.15, 0.2) is 40.9 Å². The van der Waals surface area contributed by atoms with Crippen LogP contribution in [0.1, 0.15) is 54.6 Å². The van der Waals surface area contributed by atoms with Crippen LogP contribution < -0.4 is 4.74 Å². The standard InChI is InChI=1S/C27H30FN3O3/c1-16-26(17(2)34-30-16)18-8-13-24-23(14-18)29-25(15-19-6-5-7-22(28)27(19)33-4)31(24)20-9-11-21(32-3)12-10-20/h5-8,13-14,20-21H,9-12,15H2,1-4H3. The molecule has 0 unspecified atom stereocenters. The first kappa shape index (κ1) is 22.6. The number of benzene rings is 2. The Balaban J connectivity index is 1.61. The number of hydrogen-bond donors (Lipinski definition) is 0. The maximum atomic E-state index is 14.4. The van der Waals surface area contributed by atoms with Gasteiger partial charge >= 0.3 is 0 Å². The van der Waals surface area contributed by atoms with Crippen molar-refractivity contribution < 1.29 is 18.4 Å². The molecular formula is C27H30FN3O3. The Morgan fingerprint density at radius 3 is 2.56 bits per heavy atom. The second kappa shape index (κ2) is 9.22. The highest BCUT2D eigenvalue weighted by atomic mass is 19.1. The summed E-state index contributed by atoms with van der Waals surface area (Å²) >= 11 is 0. The lowest BCUT2D eigenvalue weighted by Crippen LogP contribution is -2.23. The van der Waals surface area contributed by atoms with Crippen molar-refractivity contribution in [3.63, 3.8) is 0 Å². The van der Waals surface area contributed by atoms with E-state index in [0.717, 1.165) is 70.7 Å². The second-order valence-electron chi connectivity index (χ2n) is 9.08. The molecule has 0 aliphatic heterocycles. The van der Waals surface area contributed by atoms with E-state index in [4.69, 9.17) is 19.0 Å². The van der Waals surface area contributed by atoms with Gasteiger partial charge in [0.15, 0.2) is 11.6 Å². The molecule has 4 aromatic rings. The van der Waals surface area contributed by atoms with Gasteiger partial charge < -0.3 is 18.6 Å². The van der Waals surface area contributed by atoms with Gasteiger partial charge in [0.05, 0.1) is 29.9 Å². The van der Waals surface area contributed by atoms with Crippen molar-refractivity contribution >= 4 is 11.0 Å². The number of halogens is 1. The molecule has 0 atom stereocenters. The van der Waals surface area contributed by atoms with Crippen LogP contribution in [-0.4, -0.2) is 35.0 Å². The first-order chi connectivity index (χ1) is 16.5. The number of fused-ring (bicyclic) bond motifs is 1. The Morgan fingerprint density at radius 1 is 1.09 bits per heavy atom. The highest BCUT2D eigenvalue weighted by Crippen LogP contribution is 2.37. The van der Waals surface area contributed by atoms with Gasteiger partial charge in [0.2, 0.25) is 0 Å². The minimum absolute atomic E-state index is 0.278. The number of hydrogen-bond acceptors (Lipinski definition) is 5. The van der Waals surface area contributed by atoms with Crippen molar-refractivity contribution in [1.29, 1.82) is 0 Å². The highest BCUT2D eigenvalue weighted by Gasteiger charge is 2.27. The number of methoxy groups -OCH3 is 2. The number of imidazole rings is 1. The van der Waals surface area contributed by atoms with E-state index in [0.29, 0.717) is 18.6 Å². The molecule has 34 heavy (non-hydrogen) atoms. The van der Waals surface area contributed by atoms with Gasteiger partial charge in [-0.25, -0.2) is 9.37 Å². The molecule has 0 amide bonds. The Hall–Kier alpha value is -3.19. The number of aromatic nitrogens is 3. The van der Waals surface area contributed by atoms with Crippen LogP contribution in [0.4, 0.5) is 4.39 Å². The SMILES string of the molecule is COc1c(F)cccc1Cc1nc2cc(-c3c(C)noc3C)ccc2n1C1CCC(OC)CC1. The summed E-state index contributed by atoms with van der Waals surface area (Å²) in [5.41, 5.74) is 5.68. The number of ether oxygens (including phenoxy) is 2. The van der Waals surface area contributed by atoms with Gasteiger partial charge in [0.25, 0.3) is 0 Å². The average molecular weight is 464 g/mol. The van der Waals surface area contributed by atoms with Crippen LogP contribution >= 0.6 is 0 Å². The molecule has 0 spiro atoms. The largest absolute Gasteiger partial charge is 0.493 e. The third-order valence-corrected chi connectivity index (χ3v) is 7.03.